The van der Waals surface area contributed by atoms with Gasteiger partial charge in [0, 0.05) is 25.2 Å². The zero-order valence-corrected chi connectivity index (χ0v) is 22.0. The summed E-state index contributed by atoms with van der Waals surface area (Å²) in [6.45, 7) is 6.04. The van der Waals surface area contributed by atoms with Crippen LogP contribution in [0.15, 0.2) is 18.2 Å². The van der Waals surface area contributed by atoms with E-state index in [4.69, 9.17) is 4.74 Å². The van der Waals surface area contributed by atoms with Crippen LogP contribution in [-0.4, -0.2) is 81.5 Å². The average molecular weight is 524 g/mol. The largest absolute Gasteiger partial charge is 0.444 e. The molecule has 0 spiro atoms. The van der Waals surface area contributed by atoms with Crippen LogP contribution >= 0.6 is 0 Å². The number of halogens is 1. The lowest BCUT2D eigenvalue weighted by Crippen LogP contribution is -2.59. The van der Waals surface area contributed by atoms with Crippen LogP contribution in [0, 0.1) is 23.1 Å². The minimum absolute atomic E-state index is 0.00256. The third-order valence-electron chi connectivity index (χ3n) is 8.72. The molecule has 10 heteroatoms. The van der Waals surface area contributed by atoms with E-state index in [2.05, 4.69) is 11.4 Å². The zero-order chi connectivity index (χ0) is 26.9. The normalized spacial score (nSPS) is 32.1. The molecule has 3 saturated heterocycles. The summed E-state index contributed by atoms with van der Waals surface area (Å²) in [4.78, 5) is 45.6. The Morgan fingerprint density at radius 1 is 1.24 bits per heavy atom. The van der Waals surface area contributed by atoms with Gasteiger partial charge in [0.15, 0.2) is 0 Å². The van der Waals surface area contributed by atoms with Crippen molar-refractivity contribution in [2.75, 3.05) is 13.1 Å². The summed E-state index contributed by atoms with van der Waals surface area (Å²) in [6.07, 6.45) is 3.05. The molecule has 5 aliphatic rings. The second kappa shape index (κ2) is 8.94. The van der Waals surface area contributed by atoms with Crippen molar-refractivity contribution in [1.29, 1.82) is 5.26 Å². The number of amides is 3. The van der Waals surface area contributed by atoms with E-state index in [-0.39, 0.29) is 48.3 Å². The Morgan fingerprint density at radius 2 is 2.03 bits per heavy atom. The molecular weight excluding hydrogens is 489 g/mol. The summed E-state index contributed by atoms with van der Waals surface area (Å²) in [5.74, 6) is -0.171. The lowest BCUT2D eigenvalue weighted by Gasteiger charge is -2.39. The minimum Gasteiger partial charge on any atom is -0.444 e. The van der Waals surface area contributed by atoms with E-state index in [9.17, 15) is 24.0 Å². The molecule has 2 bridgehead atoms. The number of ether oxygens (including phenoxy) is 1. The maximum absolute atomic E-state index is 13.7. The monoisotopic (exact) mass is 523 g/mol. The predicted molar refractivity (Wildman–Crippen MR) is 134 cm³/mol. The number of carbonyl (C=O) groups is 3. The number of alkyl carbamates (subject to hydrolysis) is 1. The van der Waals surface area contributed by atoms with Gasteiger partial charge in [-0.25, -0.2) is 9.18 Å². The van der Waals surface area contributed by atoms with E-state index in [1.165, 1.54) is 6.07 Å². The van der Waals surface area contributed by atoms with Gasteiger partial charge in [-0.05, 0) is 82.1 Å². The number of fused-ring (bicyclic) bond motifs is 4. The third kappa shape index (κ3) is 4.31. The van der Waals surface area contributed by atoms with Crippen LogP contribution in [0.5, 0.6) is 0 Å². The van der Waals surface area contributed by atoms with Crippen molar-refractivity contribution in [2.45, 2.75) is 94.7 Å². The molecule has 0 radical (unpaired) electrons. The first-order valence-electron chi connectivity index (χ1n) is 13.6. The number of nitrogens with one attached hydrogen (secondary N) is 1. The summed E-state index contributed by atoms with van der Waals surface area (Å²) >= 11 is 0. The number of benzene rings is 1. The van der Waals surface area contributed by atoms with Crippen LogP contribution in [0.3, 0.4) is 0 Å². The fourth-order valence-electron chi connectivity index (χ4n) is 7.09. The molecule has 38 heavy (non-hydrogen) atoms. The molecule has 2 aliphatic carbocycles. The molecule has 1 N–H and O–H groups in total. The first kappa shape index (κ1) is 25.1. The molecule has 0 aromatic heterocycles. The molecule has 4 fully saturated rings. The maximum Gasteiger partial charge on any atom is 0.408 e. The number of piperidine rings is 1. The van der Waals surface area contributed by atoms with Crippen molar-refractivity contribution in [3.8, 4) is 6.07 Å². The first-order chi connectivity index (χ1) is 18.0. The average Bonchev–Trinajstić information content (AvgIpc) is 3.17. The maximum atomic E-state index is 13.7. The van der Waals surface area contributed by atoms with Crippen LogP contribution in [0.2, 0.25) is 0 Å². The molecule has 1 aromatic carbocycles. The van der Waals surface area contributed by atoms with Gasteiger partial charge >= 0.3 is 6.09 Å². The minimum atomic E-state index is -0.921. The van der Waals surface area contributed by atoms with Crippen molar-refractivity contribution in [1.82, 2.24) is 20.0 Å². The van der Waals surface area contributed by atoms with Gasteiger partial charge in [0.25, 0.3) is 0 Å². The molecule has 1 aromatic rings. The number of hydrogen-bond acceptors (Lipinski definition) is 6. The highest BCUT2D eigenvalue weighted by atomic mass is 19.1. The smallest absolute Gasteiger partial charge is 0.408 e. The highest BCUT2D eigenvalue weighted by Crippen LogP contribution is 2.48. The van der Waals surface area contributed by atoms with Crippen LogP contribution in [-0.2, 0) is 20.7 Å². The molecule has 3 heterocycles. The molecule has 7 atom stereocenters. The predicted octanol–water partition coefficient (Wildman–Crippen LogP) is 2.50. The van der Waals surface area contributed by atoms with Crippen LogP contribution < -0.4 is 5.32 Å². The molecule has 3 amide bonds. The standard InChI is InChI=1S/C28H34FN5O4/c1-28(2,3)38-27(37)31-21(25(35)33-18(12-30)9-16-10-23(16)33)14-32-13-19-11-24(32)26(36)34(19)22-7-4-15-8-17(29)5-6-20(15)22/h5-6,8,16,18-19,21-24H,4,7,9-11,13-14H2,1-3H3,(H,31,37)/t16-,18?,19+,21?,22?,23+,24?/m1/s1. The summed E-state index contributed by atoms with van der Waals surface area (Å²) in [7, 11) is 0. The molecule has 4 unspecified atom stereocenters. The van der Waals surface area contributed by atoms with Gasteiger partial charge in [0.1, 0.15) is 23.5 Å². The van der Waals surface area contributed by atoms with E-state index < -0.39 is 23.8 Å². The summed E-state index contributed by atoms with van der Waals surface area (Å²) in [6, 6.07) is 5.27. The Bertz CT molecular complexity index is 1220. The zero-order valence-electron chi connectivity index (χ0n) is 22.0. The summed E-state index contributed by atoms with van der Waals surface area (Å²) in [5.41, 5.74) is 1.26. The number of hydrogen-bond donors (Lipinski definition) is 1. The van der Waals surface area contributed by atoms with Crippen molar-refractivity contribution < 1.29 is 23.5 Å². The highest BCUT2D eigenvalue weighted by molar-refractivity contribution is 5.89. The van der Waals surface area contributed by atoms with Crippen molar-refractivity contribution in [3.63, 3.8) is 0 Å². The molecular formula is C28H34FN5O4. The highest BCUT2D eigenvalue weighted by Gasteiger charge is 2.57. The van der Waals surface area contributed by atoms with E-state index in [0.29, 0.717) is 25.3 Å². The molecule has 1 saturated carbocycles. The molecule has 3 aliphatic heterocycles. The molecule has 6 rings (SSSR count). The second-order valence-corrected chi connectivity index (χ2v) is 12.4. The number of nitriles is 1. The Balaban J connectivity index is 1.18. The summed E-state index contributed by atoms with van der Waals surface area (Å²) < 4.78 is 19.2. The van der Waals surface area contributed by atoms with Gasteiger partial charge < -0.3 is 19.9 Å². The van der Waals surface area contributed by atoms with Crippen molar-refractivity contribution in [3.05, 3.63) is 35.1 Å². The lowest BCUT2D eigenvalue weighted by molar-refractivity contribution is -0.141. The topological polar surface area (TPSA) is 106 Å². The number of carbonyl (C=O) groups excluding carboxylic acids is 3. The second-order valence-electron chi connectivity index (χ2n) is 12.4. The first-order valence-corrected chi connectivity index (χ1v) is 13.6. The van der Waals surface area contributed by atoms with Gasteiger partial charge in [-0.2, -0.15) is 5.26 Å². The quantitative estimate of drug-likeness (QED) is 0.636. The molecule has 202 valence electrons. The van der Waals surface area contributed by atoms with Gasteiger partial charge in [-0.15, -0.1) is 0 Å². The Morgan fingerprint density at radius 3 is 2.74 bits per heavy atom. The lowest BCUT2D eigenvalue weighted by atomic mass is 10.1. The number of piperazine rings is 1. The number of likely N-dealkylation sites (tertiary alicyclic amines) is 3. The Hall–Kier alpha value is -3.19. The van der Waals surface area contributed by atoms with Crippen LogP contribution in [0.25, 0.3) is 0 Å². The van der Waals surface area contributed by atoms with Gasteiger partial charge in [-0.3, -0.25) is 14.5 Å². The van der Waals surface area contributed by atoms with Crippen molar-refractivity contribution >= 4 is 17.9 Å². The Kier molecular flexibility index (Phi) is 5.91. The van der Waals surface area contributed by atoms with Crippen LogP contribution in [0.4, 0.5) is 9.18 Å². The van der Waals surface area contributed by atoms with Gasteiger partial charge in [0.2, 0.25) is 11.8 Å². The summed E-state index contributed by atoms with van der Waals surface area (Å²) in [5, 5.41) is 12.4. The van der Waals surface area contributed by atoms with Crippen molar-refractivity contribution in [2.24, 2.45) is 5.92 Å². The van der Waals surface area contributed by atoms with E-state index in [0.717, 1.165) is 30.4 Å². The molecule has 9 nitrogen and oxygen atoms in total. The van der Waals surface area contributed by atoms with E-state index in [1.807, 2.05) is 9.80 Å². The van der Waals surface area contributed by atoms with Gasteiger partial charge in [0.05, 0.1) is 18.2 Å². The number of aryl methyl sites for hydroxylation is 1. The van der Waals surface area contributed by atoms with Gasteiger partial charge in [-0.1, -0.05) is 6.07 Å². The van der Waals surface area contributed by atoms with E-state index in [1.54, 1.807) is 37.8 Å². The fourth-order valence-corrected chi connectivity index (χ4v) is 7.09. The van der Waals surface area contributed by atoms with Crippen LogP contribution in [0.1, 0.15) is 63.6 Å². The number of rotatable bonds is 5. The van der Waals surface area contributed by atoms with E-state index >= 15 is 0 Å². The SMILES string of the molecule is CC(C)(C)OC(=O)NC(CN1C[C@@H]2CC1C(=O)N2C1CCc2cc(F)ccc21)C(=O)N1C(C#N)C[C@@H]2C[C@@H]21. The fraction of sp³-hybridized carbons (Fsp3) is 0.643. The number of nitrogens with zero attached hydrogens (tertiary/aromatic N) is 4. The third-order valence-corrected chi connectivity index (χ3v) is 8.72. The Labute approximate surface area is 221 Å².